The van der Waals surface area contributed by atoms with Gasteiger partial charge in [0.15, 0.2) is 0 Å². The highest BCUT2D eigenvalue weighted by molar-refractivity contribution is 5.84. The van der Waals surface area contributed by atoms with Gasteiger partial charge in [-0.25, -0.2) is 0 Å². The summed E-state index contributed by atoms with van der Waals surface area (Å²) in [5.74, 6) is 0. The summed E-state index contributed by atoms with van der Waals surface area (Å²) < 4.78 is 0. The zero-order valence-corrected chi connectivity index (χ0v) is 10.5. The number of rotatable bonds is 3. The van der Waals surface area contributed by atoms with Gasteiger partial charge in [-0.1, -0.05) is 24.3 Å². The maximum Gasteiger partial charge on any atom is 0.255 e. The zero-order valence-electron chi connectivity index (χ0n) is 10.5. The van der Waals surface area contributed by atoms with Gasteiger partial charge in [0.2, 0.25) is 0 Å². The summed E-state index contributed by atoms with van der Waals surface area (Å²) in [5.41, 5.74) is 2.34. The summed E-state index contributed by atoms with van der Waals surface area (Å²) in [6.45, 7) is 0. The van der Waals surface area contributed by atoms with Crippen LogP contribution in [0.5, 0.6) is 0 Å². The van der Waals surface area contributed by atoms with Crippen molar-refractivity contribution in [1.82, 2.24) is 9.97 Å². The van der Waals surface area contributed by atoms with Gasteiger partial charge >= 0.3 is 0 Å². The lowest BCUT2D eigenvalue weighted by Gasteiger charge is -2.05. The van der Waals surface area contributed by atoms with E-state index in [1.54, 1.807) is 6.20 Å². The summed E-state index contributed by atoms with van der Waals surface area (Å²) >= 11 is 0. The molecule has 94 valence electrons. The molecule has 3 heteroatoms. The van der Waals surface area contributed by atoms with Gasteiger partial charge in [-0.15, -0.1) is 0 Å². The Balaban J connectivity index is 1.94. The molecule has 0 aliphatic heterocycles. The minimum atomic E-state index is -0.0271. The van der Waals surface area contributed by atoms with Gasteiger partial charge in [0, 0.05) is 24.0 Å². The van der Waals surface area contributed by atoms with Crippen LogP contribution in [0.25, 0.3) is 10.8 Å². The van der Waals surface area contributed by atoms with Crippen molar-refractivity contribution in [2.45, 2.75) is 12.8 Å². The fourth-order valence-electron chi connectivity index (χ4n) is 2.30. The Morgan fingerprint density at radius 1 is 1.00 bits per heavy atom. The van der Waals surface area contributed by atoms with Crippen LogP contribution >= 0.6 is 0 Å². The van der Waals surface area contributed by atoms with Crippen molar-refractivity contribution in [1.29, 1.82) is 0 Å². The SMILES string of the molecule is O=c1[nH]cc(CCc2cccnc2)c2ccccc12. The summed E-state index contributed by atoms with van der Waals surface area (Å²) in [6, 6.07) is 11.7. The topological polar surface area (TPSA) is 45.8 Å². The fourth-order valence-corrected chi connectivity index (χ4v) is 2.30. The maximum atomic E-state index is 11.7. The minimum absolute atomic E-state index is 0.0271. The predicted molar refractivity (Wildman–Crippen MR) is 76.2 cm³/mol. The Labute approximate surface area is 111 Å². The number of H-pyrrole nitrogens is 1. The zero-order chi connectivity index (χ0) is 13.1. The molecule has 0 radical (unpaired) electrons. The first-order valence-corrected chi connectivity index (χ1v) is 6.33. The van der Waals surface area contributed by atoms with Crippen LogP contribution in [-0.2, 0) is 12.8 Å². The van der Waals surface area contributed by atoms with E-state index >= 15 is 0 Å². The Kier molecular flexibility index (Phi) is 3.11. The van der Waals surface area contributed by atoms with E-state index in [9.17, 15) is 4.79 Å². The Morgan fingerprint density at radius 3 is 2.63 bits per heavy atom. The molecule has 3 rings (SSSR count). The first-order chi connectivity index (χ1) is 9.34. The van der Waals surface area contributed by atoms with Crippen molar-refractivity contribution in [3.05, 3.63) is 76.5 Å². The molecule has 0 aliphatic rings. The third-order valence-electron chi connectivity index (χ3n) is 3.30. The number of nitrogens with one attached hydrogen (secondary N) is 1. The molecule has 19 heavy (non-hydrogen) atoms. The Bertz CT molecular complexity index is 747. The molecular formula is C16H14N2O. The van der Waals surface area contributed by atoms with E-state index in [1.807, 2.05) is 42.7 Å². The summed E-state index contributed by atoms with van der Waals surface area (Å²) in [5, 5.41) is 1.79. The van der Waals surface area contributed by atoms with E-state index < -0.39 is 0 Å². The van der Waals surface area contributed by atoms with Crippen molar-refractivity contribution in [3.63, 3.8) is 0 Å². The highest BCUT2D eigenvalue weighted by Gasteiger charge is 2.04. The molecule has 2 heterocycles. The monoisotopic (exact) mass is 250 g/mol. The van der Waals surface area contributed by atoms with Gasteiger partial charge in [-0.2, -0.15) is 0 Å². The van der Waals surface area contributed by atoms with Crippen LogP contribution in [0, 0.1) is 0 Å². The number of hydrogen-bond acceptors (Lipinski definition) is 2. The number of pyridine rings is 2. The standard InChI is InChI=1S/C16H14N2O/c19-16-15-6-2-1-5-14(15)13(11-18-16)8-7-12-4-3-9-17-10-12/h1-6,9-11H,7-8H2,(H,18,19). The van der Waals surface area contributed by atoms with Crippen LogP contribution in [0.4, 0.5) is 0 Å². The van der Waals surface area contributed by atoms with E-state index in [-0.39, 0.29) is 5.56 Å². The molecule has 0 saturated heterocycles. The van der Waals surface area contributed by atoms with E-state index in [1.165, 1.54) is 11.1 Å². The summed E-state index contributed by atoms with van der Waals surface area (Å²) in [7, 11) is 0. The fraction of sp³-hybridized carbons (Fsp3) is 0.125. The van der Waals surface area contributed by atoms with Gasteiger partial charge in [0.05, 0.1) is 0 Å². The number of nitrogens with zero attached hydrogens (tertiary/aromatic N) is 1. The lowest BCUT2D eigenvalue weighted by Crippen LogP contribution is -2.07. The average Bonchev–Trinajstić information content (AvgIpc) is 2.48. The minimum Gasteiger partial charge on any atom is -0.328 e. The van der Waals surface area contributed by atoms with Gasteiger partial charge in [0.25, 0.3) is 5.56 Å². The molecule has 3 nitrogen and oxygen atoms in total. The van der Waals surface area contributed by atoms with E-state index in [0.717, 1.165) is 23.6 Å². The number of aromatic nitrogens is 2. The number of aryl methyl sites for hydroxylation is 2. The lowest BCUT2D eigenvalue weighted by molar-refractivity contribution is 0.948. The predicted octanol–water partition coefficient (Wildman–Crippen LogP) is 2.71. The van der Waals surface area contributed by atoms with Gasteiger partial charge in [0.1, 0.15) is 0 Å². The van der Waals surface area contributed by atoms with Gasteiger partial charge < -0.3 is 4.98 Å². The van der Waals surface area contributed by atoms with Crippen LogP contribution in [0.3, 0.4) is 0 Å². The second-order valence-corrected chi connectivity index (χ2v) is 4.55. The van der Waals surface area contributed by atoms with Crippen molar-refractivity contribution >= 4 is 10.8 Å². The molecule has 0 amide bonds. The van der Waals surface area contributed by atoms with E-state index in [4.69, 9.17) is 0 Å². The van der Waals surface area contributed by atoms with Crippen molar-refractivity contribution in [3.8, 4) is 0 Å². The van der Waals surface area contributed by atoms with E-state index in [0.29, 0.717) is 0 Å². The quantitative estimate of drug-likeness (QED) is 0.776. The normalized spacial score (nSPS) is 10.7. The molecular weight excluding hydrogens is 236 g/mol. The van der Waals surface area contributed by atoms with Gasteiger partial charge in [-0.3, -0.25) is 9.78 Å². The highest BCUT2D eigenvalue weighted by Crippen LogP contribution is 2.16. The number of benzene rings is 1. The van der Waals surface area contributed by atoms with Crippen molar-refractivity contribution < 1.29 is 0 Å². The van der Waals surface area contributed by atoms with Crippen molar-refractivity contribution in [2.24, 2.45) is 0 Å². The third-order valence-corrected chi connectivity index (χ3v) is 3.30. The second kappa shape index (κ2) is 5.06. The van der Waals surface area contributed by atoms with Gasteiger partial charge in [-0.05, 0) is 41.5 Å². The molecule has 3 aromatic rings. The number of aromatic amines is 1. The maximum absolute atomic E-state index is 11.7. The first kappa shape index (κ1) is 11.7. The van der Waals surface area contributed by atoms with Crippen molar-refractivity contribution in [2.75, 3.05) is 0 Å². The smallest absolute Gasteiger partial charge is 0.255 e. The average molecular weight is 250 g/mol. The molecule has 0 atom stereocenters. The Morgan fingerprint density at radius 2 is 1.84 bits per heavy atom. The largest absolute Gasteiger partial charge is 0.328 e. The molecule has 2 aromatic heterocycles. The summed E-state index contributed by atoms with van der Waals surface area (Å²) in [4.78, 5) is 18.7. The molecule has 1 aromatic carbocycles. The highest BCUT2D eigenvalue weighted by atomic mass is 16.1. The molecule has 0 fully saturated rings. The Hall–Kier alpha value is -2.42. The molecule has 0 unspecified atom stereocenters. The van der Waals surface area contributed by atoms with Crippen LogP contribution in [-0.4, -0.2) is 9.97 Å². The first-order valence-electron chi connectivity index (χ1n) is 6.33. The van der Waals surface area contributed by atoms with Crippen LogP contribution in [0.2, 0.25) is 0 Å². The molecule has 0 spiro atoms. The molecule has 0 aliphatic carbocycles. The number of hydrogen-bond donors (Lipinski definition) is 1. The molecule has 0 saturated carbocycles. The molecule has 1 N–H and O–H groups in total. The third kappa shape index (κ3) is 2.40. The van der Waals surface area contributed by atoms with Crippen LogP contribution in [0.15, 0.2) is 59.8 Å². The number of fused-ring (bicyclic) bond motifs is 1. The lowest BCUT2D eigenvalue weighted by atomic mass is 10.0. The molecule has 0 bridgehead atoms. The van der Waals surface area contributed by atoms with Crippen LogP contribution < -0.4 is 5.56 Å². The second-order valence-electron chi connectivity index (χ2n) is 4.55. The van der Waals surface area contributed by atoms with E-state index in [2.05, 4.69) is 16.0 Å². The van der Waals surface area contributed by atoms with Crippen LogP contribution in [0.1, 0.15) is 11.1 Å². The summed E-state index contributed by atoms with van der Waals surface area (Å²) in [6.07, 6.45) is 7.29.